The maximum Gasteiger partial charge on any atom is 0.123 e. The predicted molar refractivity (Wildman–Crippen MR) is 162 cm³/mol. The third-order valence-corrected chi connectivity index (χ3v) is 7.11. The van der Waals surface area contributed by atoms with Gasteiger partial charge < -0.3 is 0 Å². The Morgan fingerprint density at radius 3 is 1.50 bits per heavy atom. The molecule has 0 fully saturated rings. The van der Waals surface area contributed by atoms with Crippen molar-refractivity contribution in [1.29, 1.82) is 0 Å². The van der Waals surface area contributed by atoms with Crippen molar-refractivity contribution in [2.45, 2.75) is 6.92 Å². The first kappa shape index (κ1) is 23.6. The molecule has 0 unspecified atom stereocenters. The molecule has 7 aromatic rings. The van der Waals surface area contributed by atoms with Crippen LogP contribution in [0.5, 0.6) is 0 Å². The van der Waals surface area contributed by atoms with Crippen molar-refractivity contribution in [1.82, 2.24) is 0 Å². The molecule has 0 aliphatic rings. The summed E-state index contributed by atoms with van der Waals surface area (Å²) < 4.78 is 13.7. The summed E-state index contributed by atoms with van der Waals surface area (Å²) in [4.78, 5) is 0. The maximum absolute atomic E-state index is 13.7. The molecule has 0 saturated heterocycles. The van der Waals surface area contributed by atoms with Crippen molar-refractivity contribution in [2.24, 2.45) is 0 Å². The van der Waals surface area contributed by atoms with Crippen molar-refractivity contribution in [2.75, 3.05) is 0 Å². The summed E-state index contributed by atoms with van der Waals surface area (Å²) in [6.07, 6.45) is 1.75. The summed E-state index contributed by atoms with van der Waals surface area (Å²) in [6, 6.07) is 43.7. The van der Waals surface area contributed by atoms with Gasteiger partial charge in [-0.3, -0.25) is 0 Å². The van der Waals surface area contributed by atoms with Gasteiger partial charge in [0.1, 0.15) is 5.82 Å². The molecule has 38 heavy (non-hydrogen) atoms. The minimum Gasteiger partial charge on any atom is -0.207 e. The summed E-state index contributed by atoms with van der Waals surface area (Å²) in [5.74, 6) is -0.216. The standard InChI is InChI=1S/C34H21F.C3H6/c35-26-15-11-24(12-16-26)27-17-13-25-14-18-29-31(22-7-3-1-4-8-22)21-32(23-9-5-2-6-10-23)30-20-19-28(27)33(25)34(29)30;1-3-2/h1-21H;3H,1H2,2H3. The SMILES string of the molecule is C=CC.Fc1ccc(-c2ccc3ccc4c(-c5ccccc5)cc(-c5ccccc5)c5ccc2c3c45)cc1. The van der Waals surface area contributed by atoms with Crippen LogP contribution in [-0.2, 0) is 0 Å². The van der Waals surface area contributed by atoms with Crippen LogP contribution >= 0.6 is 0 Å². The van der Waals surface area contributed by atoms with Gasteiger partial charge in [0.05, 0.1) is 0 Å². The van der Waals surface area contributed by atoms with E-state index >= 15 is 0 Å². The van der Waals surface area contributed by atoms with E-state index in [0.717, 1.165) is 11.1 Å². The van der Waals surface area contributed by atoms with Crippen LogP contribution in [0.1, 0.15) is 6.92 Å². The van der Waals surface area contributed by atoms with Gasteiger partial charge in [-0.05, 0) is 90.8 Å². The second-order valence-corrected chi connectivity index (χ2v) is 9.48. The summed E-state index contributed by atoms with van der Waals surface area (Å²) >= 11 is 0. The normalized spacial score (nSPS) is 11.0. The zero-order valence-electron chi connectivity index (χ0n) is 21.3. The molecule has 0 amide bonds. The molecule has 0 aromatic heterocycles. The van der Waals surface area contributed by atoms with E-state index in [1.807, 2.05) is 19.1 Å². The molecule has 7 rings (SSSR count). The Balaban J connectivity index is 0.000000843. The van der Waals surface area contributed by atoms with Crippen molar-refractivity contribution in [3.63, 3.8) is 0 Å². The Morgan fingerprint density at radius 2 is 0.947 bits per heavy atom. The first-order chi connectivity index (χ1) is 18.7. The lowest BCUT2D eigenvalue weighted by molar-refractivity contribution is 0.628. The zero-order chi connectivity index (χ0) is 26.1. The molecule has 0 heterocycles. The van der Waals surface area contributed by atoms with Crippen LogP contribution in [0.2, 0.25) is 0 Å². The van der Waals surface area contributed by atoms with Gasteiger partial charge in [0.15, 0.2) is 0 Å². The lowest BCUT2D eigenvalue weighted by atomic mass is 9.84. The van der Waals surface area contributed by atoms with Gasteiger partial charge in [-0.2, -0.15) is 0 Å². The first-order valence-corrected chi connectivity index (χ1v) is 12.9. The smallest absolute Gasteiger partial charge is 0.123 e. The monoisotopic (exact) mass is 490 g/mol. The lowest BCUT2D eigenvalue weighted by Crippen LogP contribution is -1.92. The predicted octanol–water partition coefficient (Wildman–Crippen LogP) is 10.9. The Kier molecular flexibility index (Phi) is 6.19. The van der Waals surface area contributed by atoms with Crippen molar-refractivity contribution < 1.29 is 4.39 Å². The second-order valence-electron chi connectivity index (χ2n) is 9.48. The van der Waals surface area contributed by atoms with E-state index in [4.69, 9.17) is 0 Å². The van der Waals surface area contributed by atoms with Gasteiger partial charge in [0, 0.05) is 0 Å². The fourth-order valence-electron chi connectivity index (χ4n) is 5.49. The van der Waals surface area contributed by atoms with E-state index in [2.05, 4.69) is 110 Å². The van der Waals surface area contributed by atoms with E-state index in [9.17, 15) is 4.39 Å². The largest absolute Gasteiger partial charge is 0.207 e. The van der Waals surface area contributed by atoms with Crippen molar-refractivity contribution >= 4 is 32.3 Å². The molecule has 0 nitrogen and oxygen atoms in total. The van der Waals surface area contributed by atoms with Crippen molar-refractivity contribution in [3.05, 3.63) is 146 Å². The van der Waals surface area contributed by atoms with Gasteiger partial charge in [0.25, 0.3) is 0 Å². The van der Waals surface area contributed by atoms with Crippen LogP contribution in [0.4, 0.5) is 4.39 Å². The van der Waals surface area contributed by atoms with Crippen LogP contribution in [0.15, 0.2) is 140 Å². The molecular weight excluding hydrogens is 463 g/mol. The lowest BCUT2D eigenvalue weighted by Gasteiger charge is -2.19. The van der Waals surface area contributed by atoms with Crippen molar-refractivity contribution in [3.8, 4) is 33.4 Å². The summed E-state index contributed by atoms with van der Waals surface area (Å²) in [5.41, 5.74) is 7.04. The average Bonchev–Trinajstić information content (AvgIpc) is 2.97. The Labute approximate surface area is 222 Å². The van der Waals surface area contributed by atoms with E-state index in [1.54, 1.807) is 6.08 Å². The van der Waals surface area contributed by atoms with E-state index in [1.165, 1.54) is 66.7 Å². The third-order valence-electron chi connectivity index (χ3n) is 7.11. The van der Waals surface area contributed by atoms with E-state index in [0.29, 0.717) is 0 Å². The molecule has 0 radical (unpaired) electrons. The highest BCUT2D eigenvalue weighted by Gasteiger charge is 2.18. The minimum absolute atomic E-state index is 0.216. The highest BCUT2D eigenvalue weighted by atomic mass is 19.1. The fraction of sp³-hybridized carbons (Fsp3) is 0.0270. The van der Waals surface area contributed by atoms with Gasteiger partial charge in [-0.25, -0.2) is 4.39 Å². The van der Waals surface area contributed by atoms with Gasteiger partial charge in [0.2, 0.25) is 0 Å². The molecule has 0 aliphatic carbocycles. The van der Waals surface area contributed by atoms with Crippen LogP contribution < -0.4 is 0 Å². The van der Waals surface area contributed by atoms with Gasteiger partial charge in [-0.1, -0.05) is 115 Å². The number of allylic oxidation sites excluding steroid dienone is 1. The van der Waals surface area contributed by atoms with Gasteiger partial charge >= 0.3 is 0 Å². The first-order valence-electron chi connectivity index (χ1n) is 12.9. The van der Waals surface area contributed by atoms with E-state index < -0.39 is 0 Å². The average molecular weight is 491 g/mol. The maximum atomic E-state index is 13.7. The highest BCUT2D eigenvalue weighted by Crippen LogP contribution is 2.45. The molecule has 0 N–H and O–H groups in total. The van der Waals surface area contributed by atoms with Crippen LogP contribution in [0.25, 0.3) is 65.7 Å². The Hall–Kier alpha value is -4.75. The molecule has 0 spiro atoms. The Bertz CT molecular complexity index is 1810. The zero-order valence-corrected chi connectivity index (χ0v) is 21.3. The quantitative estimate of drug-likeness (QED) is 0.171. The van der Waals surface area contributed by atoms with E-state index in [-0.39, 0.29) is 5.82 Å². The molecular formula is C37H27F. The van der Waals surface area contributed by atoms with Gasteiger partial charge in [-0.15, -0.1) is 6.58 Å². The molecule has 1 heteroatoms. The number of hydrogen-bond acceptors (Lipinski definition) is 0. The molecule has 7 aromatic carbocycles. The van der Waals surface area contributed by atoms with Crippen LogP contribution in [-0.4, -0.2) is 0 Å². The molecule has 0 aliphatic heterocycles. The number of hydrogen-bond donors (Lipinski definition) is 0. The Morgan fingerprint density at radius 1 is 0.500 bits per heavy atom. The molecule has 0 bridgehead atoms. The number of benzene rings is 7. The number of halogens is 1. The second kappa shape index (κ2) is 9.95. The summed E-state index contributed by atoms with van der Waals surface area (Å²) in [5, 5.41) is 7.45. The van der Waals surface area contributed by atoms with Crippen LogP contribution in [0.3, 0.4) is 0 Å². The molecule has 0 saturated carbocycles. The third kappa shape index (κ3) is 4.03. The highest BCUT2D eigenvalue weighted by molar-refractivity contribution is 6.29. The topological polar surface area (TPSA) is 0 Å². The number of rotatable bonds is 3. The fourth-order valence-corrected chi connectivity index (χ4v) is 5.49. The molecule has 0 atom stereocenters. The minimum atomic E-state index is -0.216. The van der Waals surface area contributed by atoms with Crippen LogP contribution in [0, 0.1) is 5.82 Å². The molecule has 182 valence electrons. The summed E-state index contributed by atoms with van der Waals surface area (Å²) in [6.45, 7) is 5.25. The summed E-state index contributed by atoms with van der Waals surface area (Å²) in [7, 11) is 0.